The molecule has 1 aromatic rings. The molecular formula is C9H9NO2. The quantitative estimate of drug-likeness (QED) is 0.455. The number of rotatable bonds is 0. The van der Waals surface area contributed by atoms with Gasteiger partial charge < -0.3 is 9.72 Å². The molecule has 1 rings (SSSR count). The van der Waals surface area contributed by atoms with Gasteiger partial charge in [-0.3, -0.25) is 0 Å². The fourth-order valence-corrected chi connectivity index (χ4v) is 0.746. The van der Waals surface area contributed by atoms with Gasteiger partial charge in [-0.1, -0.05) is 5.92 Å². The van der Waals surface area contributed by atoms with E-state index in [1.165, 1.54) is 7.11 Å². The van der Waals surface area contributed by atoms with Gasteiger partial charge in [0.2, 0.25) is 0 Å². The lowest BCUT2D eigenvalue weighted by Crippen LogP contribution is -1.94. The predicted molar refractivity (Wildman–Crippen MR) is 44.4 cm³/mol. The summed E-state index contributed by atoms with van der Waals surface area (Å²) in [5.41, 5.74) is 1.84. The van der Waals surface area contributed by atoms with Gasteiger partial charge in [0, 0.05) is 23.9 Å². The summed E-state index contributed by atoms with van der Waals surface area (Å²) >= 11 is 0. The summed E-state index contributed by atoms with van der Waals surface area (Å²) in [6, 6.07) is 0. The SMILES string of the molecule is COC(=O)C#Cc1c[nH]cc1C. The first kappa shape index (κ1) is 8.41. The van der Waals surface area contributed by atoms with E-state index in [1.54, 1.807) is 6.20 Å². The zero-order valence-electron chi connectivity index (χ0n) is 6.97. The van der Waals surface area contributed by atoms with Crippen molar-refractivity contribution in [3.63, 3.8) is 0 Å². The van der Waals surface area contributed by atoms with Crippen molar-refractivity contribution in [1.29, 1.82) is 0 Å². The van der Waals surface area contributed by atoms with E-state index in [1.807, 2.05) is 13.1 Å². The van der Waals surface area contributed by atoms with Crippen LogP contribution in [0.15, 0.2) is 12.4 Å². The van der Waals surface area contributed by atoms with Crippen molar-refractivity contribution in [1.82, 2.24) is 4.98 Å². The second-order valence-corrected chi connectivity index (χ2v) is 2.29. The van der Waals surface area contributed by atoms with Crippen molar-refractivity contribution in [3.05, 3.63) is 23.5 Å². The lowest BCUT2D eigenvalue weighted by molar-refractivity contribution is -0.133. The number of H-pyrrole nitrogens is 1. The average Bonchev–Trinajstić information content (AvgIpc) is 2.47. The number of aromatic amines is 1. The number of hydrogen-bond donors (Lipinski definition) is 1. The topological polar surface area (TPSA) is 42.1 Å². The van der Waals surface area contributed by atoms with Gasteiger partial charge in [-0.15, -0.1) is 0 Å². The van der Waals surface area contributed by atoms with Crippen LogP contribution in [-0.4, -0.2) is 18.1 Å². The molecule has 0 aliphatic rings. The first-order valence-electron chi connectivity index (χ1n) is 3.47. The van der Waals surface area contributed by atoms with Gasteiger partial charge in [0.25, 0.3) is 0 Å². The van der Waals surface area contributed by atoms with E-state index in [-0.39, 0.29) is 0 Å². The molecule has 3 nitrogen and oxygen atoms in total. The highest BCUT2D eigenvalue weighted by Crippen LogP contribution is 2.02. The molecule has 0 fully saturated rings. The molecule has 1 N–H and O–H groups in total. The monoisotopic (exact) mass is 163 g/mol. The Labute approximate surface area is 70.7 Å². The van der Waals surface area contributed by atoms with E-state index in [0.717, 1.165) is 11.1 Å². The smallest absolute Gasteiger partial charge is 0.384 e. The molecule has 12 heavy (non-hydrogen) atoms. The summed E-state index contributed by atoms with van der Waals surface area (Å²) in [6.45, 7) is 1.91. The molecule has 0 amide bonds. The number of carbonyl (C=O) groups excluding carboxylic acids is 1. The highest BCUT2D eigenvalue weighted by molar-refractivity contribution is 5.89. The molecule has 0 unspecified atom stereocenters. The minimum atomic E-state index is -0.518. The highest BCUT2D eigenvalue weighted by Gasteiger charge is 1.94. The number of esters is 1. The van der Waals surface area contributed by atoms with Crippen molar-refractivity contribution in [2.75, 3.05) is 7.11 Å². The maximum absolute atomic E-state index is 10.6. The van der Waals surface area contributed by atoms with Gasteiger partial charge in [-0.2, -0.15) is 0 Å². The Morgan fingerprint density at radius 2 is 2.33 bits per heavy atom. The molecule has 0 saturated heterocycles. The normalized spacial score (nSPS) is 8.50. The van der Waals surface area contributed by atoms with Gasteiger partial charge in [-0.25, -0.2) is 4.79 Å². The van der Waals surface area contributed by atoms with E-state index < -0.39 is 5.97 Å². The summed E-state index contributed by atoms with van der Waals surface area (Å²) in [5.74, 6) is 4.51. The lowest BCUT2D eigenvalue weighted by atomic mass is 10.2. The largest absolute Gasteiger partial charge is 0.459 e. The predicted octanol–water partition coefficient (Wildman–Crippen LogP) is 0.848. The molecule has 0 bridgehead atoms. The van der Waals surface area contributed by atoms with Crippen molar-refractivity contribution in [2.45, 2.75) is 6.92 Å². The minimum absolute atomic E-state index is 0.518. The third-order valence-electron chi connectivity index (χ3n) is 1.44. The third kappa shape index (κ3) is 1.89. The van der Waals surface area contributed by atoms with Crippen LogP contribution in [0.4, 0.5) is 0 Å². The van der Waals surface area contributed by atoms with E-state index in [0.29, 0.717) is 0 Å². The Bertz CT molecular complexity index is 341. The Morgan fingerprint density at radius 1 is 1.58 bits per heavy atom. The summed E-state index contributed by atoms with van der Waals surface area (Å²) in [6.07, 6.45) is 3.56. The van der Waals surface area contributed by atoms with Crippen molar-refractivity contribution in [3.8, 4) is 11.8 Å². The number of methoxy groups -OCH3 is 1. The van der Waals surface area contributed by atoms with Crippen LogP contribution < -0.4 is 0 Å². The van der Waals surface area contributed by atoms with Crippen molar-refractivity contribution >= 4 is 5.97 Å². The Kier molecular flexibility index (Phi) is 2.54. The van der Waals surface area contributed by atoms with Gasteiger partial charge in [-0.05, 0) is 12.5 Å². The number of aryl methyl sites for hydroxylation is 1. The maximum atomic E-state index is 10.6. The fraction of sp³-hybridized carbons (Fsp3) is 0.222. The summed E-state index contributed by atoms with van der Waals surface area (Å²) < 4.78 is 4.37. The summed E-state index contributed by atoms with van der Waals surface area (Å²) in [5, 5.41) is 0. The third-order valence-corrected chi connectivity index (χ3v) is 1.44. The number of ether oxygens (including phenoxy) is 1. The van der Waals surface area contributed by atoms with Crippen LogP contribution in [0.5, 0.6) is 0 Å². The second-order valence-electron chi connectivity index (χ2n) is 2.29. The molecule has 0 aliphatic carbocycles. The zero-order valence-corrected chi connectivity index (χ0v) is 6.97. The standard InChI is InChI=1S/C9H9NO2/c1-7-5-10-6-8(7)3-4-9(11)12-2/h5-6,10H,1-2H3. The fourth-order valence-electron chi connectivity index (χ4n) is 0.746. The van der Waals surface area contributed by atoms with Crippen LogP contribution in [-0.2, 0) is 9.53 Å². The summed E-state index contributed by atoms with van der Waals surface area (Å²) in [7, 11) is 1.31. The van der Waals surface area contributed by atoms with Crippen molar-refractivity contribution in [2.24, 2.45) is 0 Å². The molecular weight excluding hydrogens is 154 g/mol. The van der Waals surface area contributed by atoms with E-state index in [4.69, 9.17) is 0 Å². The molecule has 1 aromatic heterocycles. The minimum Gasteiger partial charge on any atom is -0.459 e. The number of nitrogens with one attached hydrogen (secondary N) is 1. The van der Waals surface area contributed by atoms with E-state index in [2.05, 4.69) is 21.6 Å². The van der Waals surface area contributed by atoms with E-state index >= 15 is 0 Å². The maximum Gasteiger partial charge on any atom is 0.384 e. The molecule has 0 aliphatic heterocycles. The highest BCUT2D eigenvalue weighted by atomic mass is 16.5. The molecule has 0 saturated carbocycles. The van der Waals surface area contributed by atoms with Crippen LogP contribution in [0.25, 0.3) is 0 Å². The molecule has 1 heterocycles. The Morgan fingerprint density at radius 3 is 2.83 bits per heavy atom. The van der Waals surface area contributed by atoms with E-state index in [9.17, 15) is 4.79 Å². The van der Waals surface area contributed by atoms with Gasteiger partial charge in [0.05, 0.1) is 7.11 Å². The first-order chi connectivity index (χ1) is 5.74. The molecule has 0 radical (unpaired) electrons. The zero-order chi connectivity index (χ0) is 8.97. The lowest BCUT2D eigenvalue weighted by Gasteiger charge is -1.85. The molecule has 0 aromatic carbocycles. The molecule has 3 heteroatoms. The Hall–Kier alpha value is -1.69. The average molecular weight is 163 g/mol. The van der Waals surface area contributed by atoms with Gasteiger partial charge in [0.15, 0.2) is 0 Å². The van der Waals surface area contributed by atoms with Gasteiger partial charge in [0.1, 0.15) is 0 Å². The van der Waals surface area contributed by atoms with Crippen molar-refractivity contribution < 1.29 is 9.53 Å². The van der Waals surface area contributed by atoms with Crippen LogP contribution in [0.1, 0.15) is 11.1 Å². The number of hydrogen-bond acceptors (Lipinski definition) is 2. The second kappa shape index (κ2) is 3.63. The first-order valence-corrected chi connectivity index (χ1v) is 3.47. The van der Waals surface area contributed by atoms with Crippen LogP contribution in [0.2, 0.25) is 0 Å². The Balaban J connectivity index is 2.79. The number of aromatic nitrogens is 1. The molecule has 0 spiro atoms. The van der Waals surface area contributed by atoms with Gasteiger partial charge >= 0.3 is 5.97 Å². The summed E-state index contributed by atoms with van der Waals surface area (Å²) in [4.78, 5) is 13.5. The molecule has 0 atom stereocenters. The van der Waals surface area contributed by atoms with Crippen LogP contribution >= 0.6 is 0 Å². The molecule has 62 valence electrons. The van der Waals surface area contributed by atoms with Crippen LogP contribution in [0, 0.1) is 18.8 Å². The van der Waals surface area contributed by atoms with Crippen LogP contribution in [0.3, 0.4) is 0 Å². The number of carbonyl (C=O) groups is 1.